The molecule has 0 amide bonds. The second kappa shape index (κ2) is 4.67. The molecule has 3 heterocycles. The summed E-state index contributed by atoms with van der Waals surface area (Å²) < 4.78 is 2.02. The molecular weight excluding hydrogens is 212 g/mol. The molecule has 0 spiro atoms. The van der Waals surface area contributed by atoms with E-state index in [0.717, 1.165) is 18.8 Å². The maximum Gasteiger partial charge on any atom is 0.0991 e. The molecule has 0 saturated carbocycles. The van der Waals surface area contributed by atoms with Crippen molar-refractivity contribution in [1.82, 2.24) is 19.9 Å². The lowest BCUT2D eigenvalue weighted by Crippen LogP contribution is -2.27. The predicted molar refractivity (Wildman–Crippen MR) is 66.2 cm³/mol. The molecule has 88 valence electrons. The van der Waals surface area contributed by atoms with Gasteiger partial charge in [-0.05, 0) is 38.1 Å². The number of nitrogens with one attached hydrogen (secondary N) is 1. The summed E-state index contributed by atoms with van der Waals surface area (Å²) in [5, 5.41) is 3.38. The molecule has 1 fully saturated rings. The largest absolute Gasteiger partial charge is 0.317 e. The molecule has 0 aliphatic carbocycles. The fourth-order valence-corrected chi connectivity index (χ4v) is 2.35. The van der Waals surface area contributed by atoms with Gasteiger partial charge in [0.05, 0.1) is 6.33 Å². The molecule has 4 nitrogen and oxygen atoms in total. The molecule has 17 heavy (non-hydrogen) atoms. The number of rotatable bonds is 2. The minimum Gasteiger partial charge on any atom is -0.317 e. The summed E-state index contributed by atoms with van der Waals surface area (Å²) >= 11 is 0. The molecule has 1 aliphatic rings. The molecule has 1 saturated heterocycles. The Morgan fingerprint density at radius 2 is 2.12 bits per heavy atom. The summed E-state index contributed by atoms with van der Waals surface area (Å²) in [6.45, 7) is 2.20. The maximum atomic E-state index is 4.51. The molecule has 0 bridgehead atoms. The van der Waals surface area contributed by atoms with Crippen LogP contribution in [0.15, 0.2) is 37.1 Å². The number of hydrogen-bond acceptors (Lipinski definition) is 3. The Hall–Kier alpha value is -1.68. The zero-order valence-corrected chi connectivity index (χ0v) is 9.71. The van der Waals surface area contributed by atoms with Gasteiger partial charge in [0.15, 0.2) is 0 Å². The van der Waals surface area contributed by atoms with Crippen LogP contribution in [0.25, 0.3) is 5.69 Å². The zero-order valence-electron chi connectivity index (χ0n) is 9.71. The molecule has 0 aromatic carbocycles. The Balaban J connectivity index is 1.88. The van der Waals surface area contributed by atoms with Crippen molar-refractivity contribution in [3.63, 3.8) is 0 Å². The molecule has 1 aliphatic heterocycles. The van der Waals surface area contributed by atoms with Gasteiger partial charge in [0.25, 0.3) is 0 Å². The Kier molecular flexibility index (Phi) is 2.88. The fraction of sp³-hybridized carbons (Fsp3) is 0.385. The number of imidazole rings is 1. The Morgan fingerprint density at radius 1 is 1.24 bits per heavy atom. The van der Waals surface area contributed by atoms with Crippen molar-refractivity contribution in [2.45, 2.75) is 18.8 Å². The van der Waals surface area contributed by atoms with Gasteiger partial charge in [-0.2, -0.15) is 0 Å². The third kappa shape index (κ3) is 2.22. The van der Waals surface area contributed by atoms with Crippen molar-refractivity contribution in [2.75, 3.05) is 13.1 Å². The second-order valence-corrected chi connectivity index (χ2v) is 4.43. The van der Waals surface area contributed by atoms with E-state index in [4.69, 9.17) is 0 Å². The first-order chi connectivity index (χ1) is 8.43. The summed E-state index contributed by atoms with van der Waals surface area (Å²) in [6, 6.07) is 4.20. The summed E-state index contributed by atoms with van der Waals surface area (Å²) in [5.74, 6) is 0.597. The quantitative estimate of drug-likeness (QED) is 0.851. The first-order valence-electron chi connectivity index (χ1n) is 6.08. The Bertz CT molecular complexity index is 472. The van der Waals surface area contributed by atoms with Crippen LogP contribution in [-0.4, -0.2) is 27.6 Å². The van der Waals surface area contributed by atoms with E-state index in [1.54, 1.807) is 6.20 Å². The zero-order chi connectivity index (χ0) is 11.5. The number of hydrogen-bond donors (Lipinski definition) is 1. The number of pyridine rings is 1. The van der Waals surface area contributed by atoms with Gasteiger partial charge in [-0.3, -0.25) is 4.98 Å². The topological polar surface area (TPSA) is 42.7 Å². The van der Waals surface area contributed by atoms with Crippen LogP contribution in [0, 0.1) is 0 Å². The average molecular weight is 228 g/mol. The van der Waals surface area contributed by atoms with E-state index < -0.39 is 0 Å². The van der Waals surface area contributed by atoms with Crippen LogP contribution < -0.4 is 5.32 Å². The van der Waals surface area contributed by atoms with E-state index in [-0.39, 0.29) is 0 Å². The van der Waals surface area contributed by atoms with Crippen molar-refractivity contribution in [3.8, 4) is 5.69 Å². The van der Waals surface area contributed by atoms with Gasteiger partial charge in [-0.15, -0.1) is 0 Å². The fourth-order valence-electron chi connectivity index (χ4n) is 2.35. The maximum absolute atomic E-state index is 4.51. The molecule has 0 radical (unpaired) electrons. The van der Waals surface area contributed by atoms with E-state index in [1.165, 1.54) is 18.5 Å². The van der Waals surface area contributed by atoms with E-state index in [9.17, 15) is 0 Å². The van der Waals surface area contributed by atoms with Gasteiger partial charge in [0, 0.05) is 35.9 Å². The summed E-state index contributed by atoms with van der Waals surface area (Å²) in [6.07, 6.45) is 9.83. The van der Waals surface area contributed by atoms with Crippen molar-refractivity contribution in [3.05, 3.63) is 42.7 Å². The van der Waals surface area contributed by atoms with Crippen molar-refractivity contribution in [2.24, 2.45) is 0 Å². The van der Waals surface area contributed by atoms with Crippen LogP contribution in [0.1, 0.15) is 24.5 Å². The van der Waals surface area contributed by atoms with Gasteiger partial charge in [0.1, 0.15) is 0 Å². The highest BCUT2D eigenvalue weighted by Gasteiger charge is 2.16. The number of aromatic nitrogens is 3. The molecular formula is C13H16N4. The lowest BCUT2D eigenvalue weighted by molar-refractivity contribution is 0.453. The van der Waals surface area contributed by atoms with E-state index in [0.29, 0.717) is 5.92 Å². The second-order valence-electron chi connectivity index (χ2n) is 4.43. The first-order valence-corrected chi connectivity index (χ1v) is 6.08. The first kappa shape index (κ1) is 10.5. The summed E-state index contributed by atoms with van der Waals surface area (Å²) in [7, 11) is 0. The highest BCUT2D eigenvalue weighted by Crippen LogP contribution is 2.24. The third-order valence-corrected chi connectivity index (χ3v) is 3.32. The minimum absolute atomic E-state index is 0.597. The molecule has 2 aromatic heterocycles. The van der Waals surface area contributed by atoms with Gasteiger partial charge < -0.3 is 9.88 Å². The standard InChI is InChI=1S/C13H16N4/c1-4-14-5-2-11(1)13-9-12(3-6-16-13)17-8-7-15-10-17/h3,6-11,14H,1-2,4-5H2. The molecule has 0 atom stereocenters. The Morgan fingerprint density at radius 3 is 2.88 bits per heavy atom. The Labute approximate surface area is 101 Å². The minimum atomic E-state index is 0.597. The smallest absolute Gasteiger partial charge is 0.0991 e. The van der Waals surface area contributed by atoms with Gasteiger partial charge >= 0.3 is 0 Å². The average Bonchev–Trinajstić information content (AvgIpc) is 2.94. The lowest BCUT2D eigenvalue weighted by atomic mass is 9.94. The van der Waals surface area contributed by atoms with Crippen LogP contribution in [0.2, 0.25) is 0 Å². The highest BCUT2D eigenvalue weighted by molar-refractivity contribution is 5.33. The van der Waals surface area contributed by atoms with Crippen LogP contribution in [0.4, 0.5) is 0 Å². The molecule has 2 aromatic rings. The van der Waals surface area contributed by atoms with Crippen LogP contribution in [0.5, 0.6) is 0 Å². The van der Waals surface area contributed by atoms with Gasteiger partial charge in [-0.25, -0.2) is 4.98 Å². The third-order valence-electron chi connectivity index (χ3n) is 3.32. The van der Waals surface area contributed by atoms with E-state index in [1.807, 2.05) is 29.4 Å². The van der Waals surface area contributed by atoms with Crippen LogP contribution in [-0.2, 0) is 0 Å². The molecule has 1 N–H and O–H groups in total. The van der Waals surface area contributed by atoms with E-state index in [2.05, 4.69) is 21.4 Å². The van der Waals surface area contributed by atoms with Crippen molar-refractivity contribution in [1.29, 1.82) is 0 Å². The summed E-state index contributed by atoms with van der Waals surface area (Å²) in [4.78, 5) is 8.58. The molecule has 0 unspecified atom stereocenters. The number of piperidine rings is 1. The molecule has 4 heteroatoms. The van der Waals surface area contributed by atoms with Crippen LogP contribution >= 0.6 is 0 Å². The SMILES string of the molecule is c1cn(-c2ccnc(C3CCNCC3)c2)cn1. The van der Waals surface area contributed by atoms with Gasteiger partial charge in [-0.1, -0.05) is 0 Å². The summed E-state index contributed by atoms with van der Waals surface area (Å²) in [5.41, 5.74) is 2.35. The normalized spacial score (nSPS) is 17.2. The lowest BCUT2D eigenvalue weighted by Gasteiger charge is -2.22. The monoisotopic (exact) mass is 228 g/mol. The van der Waals surface area contributed by atoms with Crippen LogP contribution in [0.3, 0.4) is 0 Å². The van der Waals surface area contributed by atoms with Crippen molar-refractivity contribution < 1.29 is 0 Å². The highest BCUT2D eigenvalue weighted by atomic mass is 15.0. The number of nitrogens with zero attached hydrogens (tertiary/aromatic N) is 3. The molecule has 3 rings (SSSR count). The van der Waals surface area contributed by atoms with Crippen molar-refractivity contribution >= 4 is 0 Å². The van der Waals surface area contributed by atoms with E-state index >= 15 is 0 Å². The predicted octanol–water partition coefficient (Wildman–Crippen LogP) is 1.73. The van der Waals surface area contributed by atoms with Gasteiger partial charge in [0.2, 0.25) is 0 Å².